The molecule has 1 unspecified atom stereocenters. The van der Waals surface area contributed by atoms with E-state index in [0.717, 1.165) is 27.6 Å². The van der Waals surface area contributed by atoms with Gasteiger partial charge in [0.1, 0.15) is 0 Å². The standard InChI is InChI=1S/C36H31N3O3S/c1-5-20-38-22-27(28-14-10-11-15-29(28)38)21-30-34(40)39-33(26-18-16-24(17-19-26)23(3)4)31(35(41)42-6-2)32(37-36(39)43-30)25-12-8-7-9-13-25/h1,7-19,21-23,33H,6,20H2,2-4H3/b30-21+. The summed E-state index contributed by atoms with van der Waals surface area (Å²) >= 11 is 1.31. The molecule has 0 saturated carbocycles. The summed E-state index contributed by atoms with van der Waals surface area (Å²) in [6, 6.07) is 25.0. The quantitative estimate of drug-likeness (QED) is 0.183. The summed E-state index contributed by atoms with van der Waals surface area (Å²) in [5.41, 5.74) is 5.29. The van der Waals surface area contributed by atoms with E-state index in [1.165, 1.54) is 16.9 Å². The zero-order valence-corrected chi connectivity index (χ0v) is 25.1. The Labute approximate surface area is 253 Å². The van der Waals surface area contributed by atoms with Crippen molar-refractivity contribution in [2.45, 2.75) is 39.3 Å². The Bertz CT molecular complexity index is 2090. The maximum Gasteiger partial charge on any atom is 0.338 e. The van der Waals surface area contributed by atoms with Crippen LogP contribution in [-0.4, -0.2) is 21.7 Å². The molecule has 0 radical (unpaired) electrons. The second kappa shape index (κ2) is 11.7. The first kappa shape index (κ1) is 28.2. The highest BCUT2D eigenvalue weighted by atomic mass is 32.1. The number of para-hydroxylation sites is 1. The van der Waals surface area contributed by atoms with Crippen molar-refractivity contribution >= 4 is 40.0 Å². The molecule has 214 valence electrons. The van der Waals surface area contributed by atoms with E-state index in [-0.39, 0.29) is 12.2 Å². The average Bonchev–Trinajstić information content (AvgIpc) is 3.53. The summed E-state index contributed by atoms with van der Waals surface area (Å²) < 4.78 is 9.74. The molecule has 7 heteroatoms. The van der Waals surface area contributed by atoms with Crippen LogP contribution >= 0.6 is 11.3 Å². The van der Waals surface area contributed by atoms with E-state index >= 15 is 0 Å². The number of carbonyl (C=O) groups is 1. The third kappa shape index (κ3) is 5.15. The van der Waals surface area contributed by atoms with Crippen molar-refractivity contribution in [2.75, 3.05) is 6.61 Å². The van der Waals surface area contributed by atoms with Crippen molar-refractivity contribution in [3.05, 3.63) is 133 Å². The second-order valence-electron chi connectivity index (χ2n) is 10.7. The molecule has 43 heavy (non-hydrogen) atoms. The van der Waals surface area contributed by atoms with E-state index in [4.69, 9.17) is 16.2 Å². The van der Waals surface area contributed by atoms with Crippen molar-refractivity contribution in [1.29, 1.82) is 0 Å². The molecule has 6 rings (SSSR count). The highest BCUT2D eigenvalue weighted by molar-refractivity contribution is 7.07. The molecule has 1 atom stereocenters. The summed E-state index contributed by atoms with van der Waals surface area (Å²) in [5.74, 6) is 2.56. The predicted octanol–water partition coefficient (Wildman–Crippen LogP) is 5.65. The monoisotopic (exact) mass is 585 g/mol. The maximum atomic E-state index is 14.3. The van der Waals surface area contributed by atoms with Gasteiger partial charge >= 0.3 is 5.97 Å². The molecule has 0 bridgehead atoms. The Kier molecular flexibility index (Phi) is 7.71. The minimum absolute atomic E-state index is 0.204. The molecule has 0 aliphatic carbocycles. The average molecular weight is 586 g/mol. The lowest BCUT2D eigenvalue weighted by molar-refractivity contribution is -0.138. The topological polar surface area (TPSA) is 65.6 Å². The van der Waals surface area contributed by atoms with Crippen LogP contribution in [0.1, 0.15) is 55.0 Å². The number of benzene rings is 3. The van der Waals surface area contributed by atoms with Crippen molar-refractivity contribution in [2.24, 2.45) is 4.99 Å². The van der Waals surface area contributed by atoms with Gasteiger partial charge < -0.3 is 9.30 Å². The normalized spacial score (nSPS) is 15.0. The first-order valence-corrected chi connectivity index (χ1v) is 15.1. The van der Waals surface area contributed by atoms with Crippen molar-refractivity contribution < 1.29 is 9.53 Å². The van der Waals surface area contributed by atoms with Gasteiger partial charge in [0.05, 0.1) is 35.0 Å². The minimum atomic E-state index is -0.711. The molecule has 0 fully saturated rings. The fourth-order valence-electron chi connectivity index (χ4n) is 5.58. The van der Waals surface area contributed by atoms with E-state index < -0.39 is 12.0 Å². The molecule has 5 aromatic rings. The molecule has 0 N–H and O–H groups in total. The number of nitrogens with zero attached hydrogens (tertiary/aromatic N) is 3. The third-order valence-corrected chi connectivity index (χ3v) is 8.64. The van der Waals surface area contributed by atoms with E-state index in [2.05, 4.69) is 31.9 Å². The third-order valence-electron chi connectivity index (χ3n) is 7.66. The van der Waals surface area contributed by atoms with Gasteiger partial charge in [-0.3, -0.25) is 9.36 Å². The van der Waals surface area contributed by atoms with Gasteiger partial charge in [-0.2, -0.15) is 0 Å². The van der Waals surface area contributed by atoms with Gasteiger partial charge in [0.15, 0.2) is 4.80 Å². The summed E-state index contributed by atoms with van der Waals surface area (Å²) in [5, 5.41) is 1.00. The molecule has 1 aliphatic rings. The number of thiazole rings is 1. The second-order valence-corrected chi connectivity index (χ2v) is 11.7. The molecular weight excluding hydrogens is 554 g/mol. The number of hydrogen-bond acceptors (Lipinski definition) is 5. The van der Waals surface area contributed by atoms with Gasteiger partial charge in [-0.25, -0.2) is 9.79 Å². The highest BCUT2D eigenvalue weighted by Gasteiger charge is 2.35. The molecule has 3 aromatic carbocycles. The summed E-state index contributed by atoms with van der Waals surface area (Å²) in [6.07, 6.45) is 9.51. The van der Waals surface area contributed by atoms with Crippen LogP contribution in [0.3, 0.4) is 0 Å². The molecule has 1 aliphatic heterocycles. The highest BCUT2D eigenvalue weighted by Crippen LogP contribution is 2.35. The first-order chi connectivity index (χ1) is 20.9. The molecular formula is C36H31N3O3S. The Morgan fingerprint density at radius 1 is 1.07 bits per heavy atom. The molecule has 6 nitrogen and oxygen atoms in total. The van der Waals surface area contributed by atoms with E-state index in [0.29, 0.717) is 33.1 Å². The Morgan fingerprint density at radius 2 is 1.79 bits per heavy atom. The summed E-state index contributed by atoms with van der Waals surface area (Å²) in [4.78, 5) is 33.4. The fraction of sp³-hybridized carbons (Fsp3) is 0.194. The van der Waals surface area contributed by atoms with Crippen LogP contribution < -0.4 is 14.9 Å². The zero-order valence-electron chi connectivity index (χ0n) is 24.3. The Balaban J connectivity index is 1.64. The Morgan fingerprint density at radius 3 is 2.49 bits per heavy atom. The molecule has 0 saturated heterocycles. The van der Waals surface area contributed by atoms with Gasteiger partial charge in [-0.05, 0) is 36.1 Å². The van der Waals surface area contributed by atoms with Crippen LogP contribution in [0.5, 0.6) is 0 Å². The molecule has 0 amide bonds. The van der Waals surface area contributed by atoms with E-state index in [1.807, 2.05) is 83.6 Å². The Hall–Kier alpha value is -4.93. The van der Waals surface area contributed by atoms with Crippen LogP contribution in [0.2, 0.25) is 0 Å². The van der Waals surface area contributed by atoms with E-state index in [9.17, 15) is 9.59 Å². The van der Waals surface area contributed by atoms with Gasteiger partial charge in [0.2, 0.25) is 0 Å². The fourth-order valence-corrected chi connectivity index (χ4v) is 6.57. The van der Waals surface area contributed by atoms with Crippen LogP contribution in [-0.2, 0) is 16.1 Å². The summed E-state index contributed by atoms with van der Waals surface area (Å²) in [6.45, 7) is 6.67. The largest absolute Gasteiger partial charge is 0.463 e. The number of carbonyl (C=O) groups excluding carboxylic acids is 1. The smallest absolute Gasteiger partial charge is 0.338 e. The summed E-state index contributed by atoms with van der Waals surface area (Å²) in [7, 11) is 0. The number of aromatic nitrogens is 2. The molecule has 3 heterocycles. The van der Waals surface area contributed by atoms with Crippen molar-refractivity contribution in [3.63, 3.8) is 0 Å². The van der Waals surface area contributed by atoms with Crippen LogP contribution in [0.4, 0.5) is 0 Å². The number of rotatable bonds is 7. The molecule has 2 aromatic heterocycles. The number of ether oxygens (including phenoxy) is 1. The van der Waals surface area contributed by atoms with E-state index in [1.54, 1.807) is 11.5 Å². The van der Waals surface area contributed by atoms with Crippen LogP contribution in [0.15, 0.2) is 100 Å². The molecule has 0 spiro atoms. The number of hydrogen-bond donors (Lipinski definition) is 0. The lowest BCUT2D eigenvalue weighted by atomic mass is 9.91. The lowest BCUT2D eigenvalue weighted by Gasteiger charge is -2.26. The van der Waals surface area contributed by atoms with Crippen LogP contribution in [0.25, 0.3) is 22.7 Å². The van der Waals surface area contributed by atoms with Crippen LogP contribution in [0, 0.1) is 12.3 Å². The zero-order chi connectivity index (χ0) is 30.1. The van der Waals surface area contributed by atoms with Gasteiger partial charge in [0, 0.05) is 28.2 Å². The van der Waals surface area contributed by atoms with Gasteiger partial charge in [0.25, 0.3) is 5.56 Å². The van der Waals surface area contributed by atoms with Crippen molar-refractivity contribution in [3.8, 4) is 12.3 Å². The van der Waals surface area contributed by atoms with Gasteiger partial charge in [-0.1, -0.05) is 104 Å². The lowest BCUT2D eigenvalue weighted by Crippen LogP contribution is -2.40. The SMILES string of the molecule is C#CCn1cc(/C=c2/sc3n(c2=O)C(c2ccc(C(C)C)cc2)C(C(=O)OCC)=C(c2ccccc2)N=3)c2ccccc21. The number of esters is 1. The number of fused-ring (bicyclic) bond motifs is 2. The minimum Gasteiger partial charge on any atom is -0.463 e. The number of terminal acetylenes is 1. The maximum absolute atomic E-state index is 14.3. The van der Waals surface area contributed by atoms with Crippen molar-refractivity contribution in [1.82, 2.24) is 9.13 Å². The predicted molar refractivity (Wildman–Crippen MR) is 172 cm³/mol. The van der Waals surface area contributed by atoms with Gasteiger partial charge in [-0.15, -0.1) is 6.42 Å². The first-order valence-electron chi connectivity index (χ1n) is 14.3.